The second-order valence-corrected chi connectivity index (χ2v) is 5.38. The Bertz CT molecular complexity index is 328. The van der Waals surface area contributed by atoms with E-state index in [-0.39, 0.29) is 17.9 Å². The molecule has 1 heterocycles. The average molecular weight is 252 g/mol. The minimum Gasteiger partial charge on any atom is -0.380 e. The molecule has 2 rings (SSSR count). The topological polar surface area (TPSA) is 55.6 Å². The van der Waals surface area contributed by atoms with E-state index in [9.17, 15) is 4.79 Å². The second-order valence-electron chi connectivity index (χ2n) is 5.38. The second kappa shape index (κ2) is 6.34. The normalized spacial score (nSPS) is 29.0. The van der Waals surface area contributed by atoms with Crippen LogP contribution in [-0.2, 0) is 9.53 Å². The number of methoxy groups -OCH3 is 1. The third-order valence-corrected chi connectivity index (χ3v) is 4.08. The molecule has 2 unspecified atom stereocenters. The summed E-state index contributed by atoms with van der Waals surface area (Å²) < 4.78 is 5.12. The van der Waals surface area contributed by atoms with Crippen molar-refractivity contribution in [2.75, 3.05) is 26.8 Å². The fourth-order valence-electron chi connectivity index (χ4n) is 2.93. The lowest BCUT2D eigenvalue weighted by Gasteiger charge is -2.34. The van der Waals surface area contributed by atoms with Crippen molar-refractivity contribution in [1.82, 2.24) is 4.90 Å². The van der Waals surface area contributed by atoms with Crippen LogP contribution in [0.15, 0.2) is 11.6 Å². The van der Waals surface area contributed by atoms with E-state index in [0.29, 0.717) is 6.61 Å². The van der Waals surface area contributed by atoms with Crippen molar-refractivity contribution in [2.24, 2.45) is 11.7 Å². The van der Waals surface area contributed by atoms with Gasteiger partial charge in [-0.3, -0.25) is 4.79 Å². The summed E-state index contributed by atoms with van der Waals surface area (Å²) >= 11 is 0. The summed E-state index contributed by atoms with van der Waals surface area (Å²) in [5.41, 5.74) is 7.38. The first-order chi connectivity index (χ1) is 8.72. The van der Waals surface area contributed by atoms with Crippen LogP contribution < -0.4 is 5.73 Å². The summed E-state index contributed by atoms with van der Waals surface area (Å²) in [6.07, 6.45) is 7.33. The van der Waals surface area contributed by atoms with E-state index >= 15 is 0 Å². The fraction of sp³-hybridized carbons (Fsp3) is 0.786. The zero-order valence-corrected chi connectivity index (χ0v) is 11.2. The van der Waals surface area contributed by atoms with Gasteiger partial charge in [0.15, 0.2) is 0 Å². The van der Waals surface area contributed by atoms with E-state index in [2.05, 4.69) is 6.08 Å². The molecule has 4 nitrogen and oxygen atoms in total. The maximum atomic E-state index is 12.4. The molecule has 0 saturated heterocycles. The Morgan fingerprint density at radius 1 is 1.50 bits per heavy atom. The number of rotatable bonds is 3. The van der Waals surface area contributed by atoms with Gasteiger partial charge in [-0.05, 0) is 24.8 Å². The first kappa shape index (κ1) is 13.6. The molecule has 2 atom stereocenters. The highest BCUT2D eigenvalue weighted by Gasteiger charge is 2.31. The Kier molecular flexibility index (Phi) is 4.78. The first-order valence-corrected chi connectivity index (χ1v) is 6.93. The number of carbonyl (C=O) groups excluding carboxylic acids is 1. The molecule has 1 aliphatic carbocycles. The highest BCUT2D eigenvalue weighted by Crippen LogP contribution is 2.25. The van der Waals surface area contributed by atoms with Crippen molar-refractivity contribution in [3.05, 3.63) is 11.6 Å². The molecular weight excluding hydrogens is 228 g/mol. The van der Waals surface area contributed by atoms with Crippen LogP contribution in [0.2, 0.25) is 0 Å². The number of nitrogens with zero attached hydrogens (tertiary/aromatic N) is 1. The molecule has 1 aliphatic heterocycles. The van der Waals surface area contributed by atoms with E-state index in [1.165, 1.54) is 12.0 Å². The van der Waals surface area contributed by atoms with Crippen molar-refractivity contribution in [3.63, 3.8) is 0 Å². The summed E-state index contributed by atoms with van der Waals surface area (Å²) in [7, 11) is 1.71. The Hall–Kier alpha value is -0.870. The average Bonchev–Trinajstić information content (AvgIpc) is 2.40. The SMILES string of the molecule is COCC1=CCN(C(=O)C2CCCCC2N)CC1. The molecule has 18 heavy (non-hydrogen) atoms. The van der Waals surface area contributed by atoms with Crippen LogP contribution in [-0.4, -0.2) is 43.7 Å². The van der Waals surface area contributed by atoms with Crippen LogP contribution in [0.5, 0.6) is 0 Å². The third-order valence-electron chi connectivity index (χ3n) is 4.08. The summed E-state index contributed by atoms with van der Waals surface area (Å²) in [6, 6.07) is 0.0654. The Morgan fingerprint density at radius 3 is 2.89 bits per heavy atom. The lowest BCUT2D eigenvalue weighted by molar-refractivity contribution is -0.136. The van der Waals surface area contributed by atoms with E-state index in [4.69, 9.17) is 10.5 Å². The van der Waals surface area contributed by atoms with Gasteiger partial charge >= 0.3 is 0 Å². The van der Waals surface area contributed by atoms with Gasteiger partial charge in [0.1, 0.15) is 0 Å². The fourth-order valence-corrected chi connectivity index (χ4v) is 2.93. The van der Waals surface area contributed by atoms with Gasteiger partial charge in [-0.2, -0.15) is 0 Å². The lowest BCUT2D eigenvalue weighted by Crippen LogP contribution is -2.47. The van der Waals surface area contributed by atoms with Crippen molar-refractivity contribution in [2.45, 2.75) is 38.1 Å². The minimum atomic E-state index is 0.0520. The number of ether oxygens (including phenoxy) is 1. The monoisotopic (exact) mass is 252 g/mol. The van der Waals surface area contributed by atoms with Crippen LogP contribution in [0.3, 0.4) is 0 Å². The van der Waals surface area contributed by atoms with E-state index in [1.807, 2.05) is 4.90 Å². The van der Waals surface area contributed by atoms with Crippen LogP contribution in [0.25, 0.3) is 0 Å². The maximum Gasteiger partial charge on any atom is 0.227 e. The molecule has 4 heteroatoms. The predicted octanol–water partition coefficient (Wildman–Crippen LogP) is 1.31. The molecule has 2 N–H and O–H groups in total. The molecule has 0 spiro atoms. The molecule has 102 valence electrons. The van der Waals surface area contributed by atoms with Crippen molar-refractivity contribution < 1.29 is 9.53 Å². The molecule has 1 amide bonds. The van der Waals surface area contributed by atoms with E-state index in [0.717, 1.165) is 38.8 Å². The van der Waals surface area contributed by atoms with Gasteiger partial charge in [0, 0.05) is 26.2 Å². The Labute approximate surface area is 109 Å². The molecule has 0 radical (unpaired) electrons. The number of nitrogens with two attached hydrogens (primary N) is 1. The minimum absolute atomic E-state index is 0.0520. The maximum absolute atomic E-state index is 12.4. The summed E-state index contributed by atoms with van der Waals surface area (Å²) in [5.74, 6) is 0.311. The lowest BCUT2D eigenvalue weighted by atomic mass is 9.84. The van der Waals surface area contributed by atoms with Gasteiger partial charge < -0.3 is 15.4 Å². The highest BCUT2D eigenvalue weighted by atomic mass is 16.5. The summed E-state index contributed by atoms with van der Waals surface area (Å²) in [4.78, 5) is 14.4. The van der Waals surface area contributed by atoms with Gasteiger partial charge in [0.2, 0.25) is 5.91 Å². The molecule has 2 aliphatic rings. The van der Waals surface area contributed by atoms with E-state index in [1.54, 1.807) is 7.11 Å². The Balaban J connectivity index is 1.90. The zero-order valence-electron chi connectivity index (χ0n) is 11.2. The van der Waals surface area contributed by atoms with Crippen molar-refractivity contribution in [1.29, 1.82) is 0 Å². The van der Waals surface area contributed by atoms with Gasteiger partial charge in [-0.15, -0.1) is 0 Å². The first-order valence-electron chi connectivity index (χ1n) is 6.93. The number of carbonyl (C=O) groups is 1. The van der Waals surface area contributed by atoms with Crippen LogP contribution in [0.1, 0.15) is 32.1 Å². The largest absolute Gasteiger partial charge is 0.380 e. The molecule has 1 fully saturated rings. The van der Waals surface area contributed by atoms with E-state index < -0.39 is 0 Å². The Morgan fingerprint density at radius 2 is 2.28 bits per heavy atom. The highest BCUT2D eigenvalue weighted by molar-refractivity contribution is 5.80. The van der Waals surface area contributed by atoms with Crippen LogP contribution in [0, 0.1) is 5.92 Å². The quantitative estimate of drug-likeness (QED) is 0.770. The van der Waals surface area contributed by atoms with Gasteiger partial charge in [0.25, 0.3) is 0 Å². The summed E-state index contributed by atoms with van der Waals surface area (Å²) in [6.45, 7) is 2.23. The molecule has 0 bridgehead atoms. The van der Waals surface area contributed by atoms with Crippen LogP contribution >= 0.6 is 0 Å². The molecular formula is C14H24N2O2. The van der Waals surface area contributed by atoms with Gasteiger partial charge in [-0.1, -0.05) is 18.9 Å². The van der Waals surface area contributed by atoms with Crippen LogP contribution in [0.4, 0.5) is 0 Å². The zero-order chi connectivity index (χ0) is 13.0. The predicted molar refractivity (Wildman–Crippen MR) is 71.1 cm³/mol. The third kappa shape index (κ3) is 3.12. The number of amides is 1. The molecule has 0 aromatic carbocycles. The van der Waals surface area contributed by atoms with Crippen molar-refractivity contribution >= 4 is 5.91 Å². The molecule has 0 aromatic rings. The number of hydrogen-bond acceptors (Lipinski definition) is 3. The number of hydrogen-bond donors (Lipinski definition) is 1. The molecule has 1 saturated carbocycles. The van der Waals surface area contributed by atoms with Gasteiger partial charge in [0.05, 0.1) is 12.5 Å². The van der Waals surface area contributed by atoms with Gasteiger partial charge in [-0.25, -0.2) is 0 Å². The summed E-state index contributed by atoms with van der Waals surface area (Å²) in [5, 5.41) is 0. The molecule has 0 aromatic heterocycles. The smallest absolute Gasteiger partial charge is 0.227 e. The van der Waals surface area contributed by atoms with Crippen molar-refractivity contribution in [3.8, 4) is 0 Å². The standard InChI is InChI=1S/C14H24N2O2/c1-18-10-11-6-8-16(9-7-11)14(17)12-4-2-3-5-13(12)15/h6,12-13H,2-5,7-10,15H2,1H3.